The summed E-state index contributed by atoms with van der Waals surface area (Å²) < 4.78 is 0. The molecule has 0 atom stereocenters. The quantitative estimate of drug-likeness (QED) is 0.807. The summed E-state index contributed by atoms with van der Waals surface area (Å²) in [4.78, 5) is 12.7. The number of nitrogens with zero attached hydrogens (tertiary/aromatic N) is 1. The van der Waals surface area contributed by atoms with Gasteiger partial charge in [0.1, 0.15) is 0 Å². The summed E-state index contributed by atoms with van der Waals surface area (Å²) in [5.41, 5.74) is 7.21. The van der Waals surface area contributed by atoms with E-state index in [4.69, 9.17) is 17.3 Å². The van der Waals surface area contributed by atoms with Gasteiger partial charge in [0.2, 0.25) is 5.91 Å². The Morgan fingerprint density at radius 1 is 1.53 bits per heavy atom. The Bertz CT molecular complexity index is 395. The van der Waals surface area contributed by atoms with Crippen LogP contribution in [0, 0.1) is 0 Å². The SMILES string of the molecule is CCNCc1cc(Cl)ccc1N(C)CC(N)=O. The maximum Gasteiger partial charge on any atom is 0.236 e. The minimum atomic E-state index is -0.350. The number of halogens is 1. The summed E-state index contributed by atoms with van der Waals surface area (Å²) in [6.45, 7) is 3.83. The van der Waals surface area contributed by atoms with Crippen molar-refractivity contribution in [3.63, 3.8) is 0 Å². The largest absolute Gasteiger partial charge is 0.368 e. The molecule has 1 aromatic rings. The van der Waals surface area contributed by atoms with E-state index in [0.717, 1.165) is 24.3 Å². The average Bonchev–Trinajstić information content (AvgIpc) is 2.25. The Morgan fingerprint density at radius 3 is 2.82 bits per heavy atom. The van der Waals surface area contributed by atoms with E-state index in [-0.39, 0.29) is 12.5 Å². The lowest BCUT2D eigenvalue weighted by Gasteiger charge is -2.21. The zero-order valence-corrected chi connectivity index (χ0v) is 10.9. The Hall–Kier alpha value is -1.26. The Kier molecular flexibility index (Phi) is 5.25. The fraction of sp³-hybridized carbons (Fsp3) is 0.417. The number of hydrogen-bond donors (Lipinski definition) is 2. The van der Waals surface area contributed by atoms with Crippen molar-refractivity contribution in [2.45, 2.75) is 13.5 Å². The van der Waals surface area contributed by atoms with Crippen LogP contribution in [0.15, 0.2) is 18.2 Å². The van der Waals surface area contributed by atoms with E-state index >= 15 is 0 Å². The summed E-state index contributed by atoms with van der Waals surface area (Å²) in [6.07, 6.45) is 0. The van der Waals surface area contributed by atoms with Crippen LogP contribution in [-0.2, 0) is 11.3 Å². The highest BCUT2D eigenvalue weighted by Gasteiger charge is 2.09. The number of nitrogens with one attached hydrogen (secondary N) is 1. The maximum atomic E-state index is 10.9. The number of likely N-dealkylation sites (N-methyl/N-ethyl adjacent to an activating group) is 1. The number of hydrogen-bond acceptors (Lipinski definition) is 3. The van der Waals surface area contributed by atoms with Crippen LogP contribution in [0.4, 0.5) is 5.69 Å². The van der Waals surface area contributed by atoms with Gasteiger partial charge in [0.25, 0.3) is 0 Å². The van der Waals surface area contributed by atoms with Gasteiger partial charge in [0.05, 0.1) is 6.54 Å². The van der Waals surface area contributed by atoms with Gasteiger partial charge in [0, 0.05) is 24.3 Å². The number of carbonyl (C=O) groups is 1. The molecule has 0 aliphatic carbocycles. The lowest BCUT2D eigenvalue weighted by Crippen LogP contribution is -2.31. The molecule has 0 heterocycles. The minimum Gasteiger partial charge on any atom is -0.368 e. The van der Waals surface area contributed by atoms with E-state index in [1.165, 1.54) is 0 Å². The summed E-state index contributed by atoms with van der Waals surface area (Å²) in [7, 11) is 1.84. The zero-order chi connectivity index (χ0) is 12.8. The smallest absolute Gasteiger partial charge is 0.236 e. The van der Waals surface area contributed by atoms with Crippen molar-refractivity contribution in [3.8, 4) is 0 Å². The molecule has 4 nitrogen and oxygen atoms in total. The molecule has 0 radical (unpaired) electrons. The lowest BCUT2D eigenvalue weighted by molar-refractivity contribution is -0.116. The number of nitrogens with two attached hydrogens (primary N) is 1. The molecule has 5 heteroatoms. The van der Waals surface area contributed by atoms with Gasteiger partial charge >= 0.3 is 0 Å². The molecule has 1 amide bonds. The molecular formula is C12H18ClN3O. The van der Waals surface area contributed by atoms with Gasteiger partial charge in [-0.05, 0) is 30.3 Å². The van der Waals surface area contributed by atoms with Crippen LogP contribution in [-0.4, -0.2) is 26.0 Å². The second-order valence-electron chi connectivity index (χ2n) is 3.88. The molecule has 17 heavy (non-hydrogen) atoms. The Labute approximate surface area is 107 Å². The number of rotatable bonds is 6. The summed E-state index contributed by atoms with van der Waals surface area (Å²) in [5, 5.41) is 3.93. The van der Waals surface area contributed by atoms with E-state index in [1.54, 1.807) is 0 Å². The second-order valence-corrected chi connectivity index (χ2v) is 4.31. The first kappa shape index (κ1) is 13.8. The fourth-order valence-electron chi connectivity index (χ4n) is 1.65. The van der Waals surface area contributed by atoms with Crippen LogP contribution in [0.5, 0.6) is 0 Å². The first-order valence-corrected chi connectivity index (χ1v) is 5.91. The zero-order valence-electron chi connectivity index (χ0n) is 10.2. The fourth-order valence-corrected chi connectivity index (χ4v) is 1.84. The molecule has 0 saturated heterocycles. The van der Waals surface area contributed by atoms with Crippen LogP contribution >= 0.6 is 11.6 Å². The van der Waals surface area contributed by atoms with Crippen LogP contribution in [0.3, 0.4) is 0 Å². The molecule has 0 unspecified atom stereocenters. The van der Waals surface area contributed by atoms with Crippen molar-refractivity contribution in [2.24, 2.45) is 5.73 Å². The molecule has 0 spiro atoms. The first-order chi connectivity index (χ1) is 8.04. The normalized spacial score (nSPS) is 10.3. The summed E-state index contributed by atoms with van der Waals surface area (Å²) >= 11 is 5.97. The van der Waals surface area contributed by atoms with Crippen molar-refractivity contribution in [2.75, 3.05) is 25.0 Å². The van der Waals surface area contributed by atoms with E-state index in [9.17, 15) is 4.79 Å². The molecule has 0 aromatic heterocycles. The first-order valence-electron chi connectivity index (χ1n) is 5.53. The molecule has 0 aliphatic heterocycles. The standard InChI is InChI=1S/C12H18ClN3O/c1-3-15-7-9-6-10(13)4-5-11(9)16(2)8-12(14)17/h4-6,15H,3,7-8H2,1-2H3,(H2,14,17). The second kappa shape index (κ2) is 6.47. The highest BCUT2D eigenvalue weighted by atomic mass is 35.5. The molecule has 0 saturated carbocycles. The van der Waals surface area contributed by atoms with Crippen molar-refractivity contribution in [3.05, 3.63) is 28.8 Å². The average molecular weight is 256 g/mol. The molecule has 0 fully saturated rings. The molecule has 1 rings (SSSR count). The van der Waals surface area contributed by atoms with Gasteiger partial charge in [-0.15, -0.1) is 0 Å². The van der Waals surface area contributed by atoms with Crippen molar-refractivity contribution in [1.82, 2.24) is 5.32 Å². The van der Waals surface area contributed by atoms with Crippen molar-refractivity contribution in [1.29, 1.82) is 0 Å². The molecular weight excluding hydrogens is 238 g/mol. The van der Waals surface area contributed by atoms with Gasteiger partial charge < -0.3 is 16.0 Å². The van der Waals surface area contributed by atoms with Gasteiger partial charge in [0.15, 0.2) is 0 Å². The van der Waals surface area contributed by atoms with Crippen LogP contribution in [0.1, 0.15) is 12.5 Å². The number of amides is 1. The molecule has 1 aromatic carbocycles. The summed E-state index contributed by atoms with van der Waals surface area (Å²) in [5.74, 6) is -0.350. The number of benzene rings is 1. The number of anilines is 1. The monoisotopic (exact) mass is 255 g/mol. The highest BCUT2D eigenvalue weighted by Crippen LogP contribution is 2.23. The predicted molar refractivity (Wildman–Crippen MR) is 71.3 cm³/mol. The molecule has 0 bridgehead atoms. The molecule has 0 aliphatic rings. The third-order valence-corrected chi connectivity index (χ3v) is 2.65. The van der Waals surface area contributed by atoms with Gasteiger partial charge in [-0.1, -0.05) is 18.5 Å². The minimum absolute atomic E-state index is 0.195. The highest BCUT2D eigenvalue weighted by molar-refractivity contribution is 6.30. The van der Waals surface area contributed by atoms with Crippen molar-refractivity contribution >= 4 is 23.2 Å². The molecule has 94 valence electrons. The predicted octanol–water partition coefficient (Wildman–Crippen LogP) is 1.37. The van der Waals surface area contributed by atoms with E-state index in [2.05, 4.69) is 5.32 Å². The third-order valence-electron chi connectivity index (χ3n) is 2.41. The van der Waals surface area contributed by atoms with Gasteiger partial charge in [-0.2, -0.15) is 0 Å². The summed E-state index contributed by atoms with van der Waals surface area (Å²) in [6, 6.07) is 5.61. The van der Waals surface area contributed by atoms with Gasteiger partial charge in [-0.25, -0.2) is 0 Å². The number of primary amides is 1. The third kappa shape index (κ3) is 4.24. The van der Waals surface area contributed by atoms with E-state index < -0.39 is 0 Å². The number of carbonyl (C=O) groups excluding carboxylic acids is 1. The Morgan fingerprint density at radius 2 is 2.24 bits per heavy atom. The van der Waals surface area contributed by atoms with Gasteiger partial charge in [-0.3, -0.25) is 4.79 Å². The lowest BCUT2D eigenvalue weighted by atomic mass is 10.1. The van der Waals surface area contributed by atoms with Crippen LogP contribution in [0.2, 0.25) is 5.02 Å². The van der Waals surface area contributed by atoms with Crippen molar-refractivity contribution < 1.29 is 4.79 Å². The van der Waals surface area contributed by atoms with Crippen LogP contribution in [0.25, 0.3) is 0 Å². The van der Waals surface area contributed by atoms with E-state index in [1.807, 2.05) is 37.1 Å². The van der Waals surface area contributed by atoms with E-state index in [0.29, 0.717) is 5.02 Å². The van der Waals surface area contributed by atoms with Crippen LogP contribution < -0.4 is 16.0 Å². The maximum absolute atomic E-state index is 10.9. The Balaban J connectivity index is 2.92. The molecule has 3 N–H and O–H groups in total. The topological polar surface area (TPSA) is 58.4 Å².